The van der Waals surface area contributed by atoms with Crippen LogP contribution in [-0.4, -0.2) is 49.6 Å². The Morgan fingerprint density at radius 2 is 1.65 bits per heavy atom. The van der Waals surface area contributed by atoms with Gasteiger partial charge in [-0.05, 0) is 48.0 Å². The Labute approximate surface area is 197 Å². The average Bonchev–Trinajstić information content (AvgIpc) is 2.84. The number of carbonyl (C=O) groups is 2. The van der Waals surface area contributed by atoms with Crippen molar-refractivity contribution < 1.29 is 18.7 Å². The number of hydrogen-bond donors (Lipinski definition) is 2. The van der Waals surface area contributed by atoms with Gasteiger partial charge in [0.2, 0.25) is 0 Å². The van der Waals surface area contributed by atoms with Gasteiger partial charge in [-0.15, -0.1) is 0 Å². The number of nitrogens with zero attached hydrogens (tertiary/aromatic N) is 2. The van der Waals surface area contributed by atoms with Crippen LogP contribution in [0.15, 0.2) is 72.8 Å². The molecule has 0 spiro atoms. The zero-order valence-electron chi connectivity index (χ0n) is 18.7. The fourth-order valence-corrected chi connectivity index (χ4v) is 3.89. The second-order valence-corrected chi connectivity index (χ2v) is 8.15. The van der Waals surface area contributed by atoms with Crippen molar-refractivity contribution in [2.45, 2.75) is 6.54 Å². The van der Waals surface area contributed by atoms with Crippen LogP contribution in [0.25, 0.3) is 0 Å². The van der Waals surface area contributed by atoms with Crippen molar-refractivity contribution in [1.82, 2.24) is 4.90 Å². The van der Waals surface area contributed by atoms with Gasteiger partial charge >= 0.3 is 5.97 Å². The van der Waals surface area contributed by atoms with Crippen LogP contribution in [0.2, 0.25) is 0 Å². The monoisotopic (exact) mass is 462 g/mol. The molecule has 8 heteroatoms. The van der Waals surface area contributed by atoms with Crippen LogP contribution in [0.5, 0.6) is 0 Å². The number of ether oxygens (including phenoxy) is 1. The Balaban J connectivity index is 1.23. The second-order valence-electron chi connectivity index (χ2n) is 8.15. The van der Waals surface area contributed by atoms with Gasteiger partial charge in [0.15, 0.2) is 6.61 Å². The third kappa shape index (κ3) is 6.11. The molecule has 7 nitrogen and oxygen atoms in total. The molecule has 1 saturated heterocycles. The van der Waals surface area contributed by atoms with Crippen molar-refractivity contribution in [3.63, 3.8) is 0 Å². The molecule has 1 amide bonds. The van der Waals surface area contributed by atoms with Crippen molar-refractivity contribution >= 4 is 28.9 Å². The summed E-state index contributed by atoms with van der Waals surface area (Å²) in [7, 11) is 0. The number of piperazine rings is 1. The summed E-state index contributed by atoms with van der Waals surface area (Å²) in [6.07, 6.45) is 0. The van der Waals surface area contributed by atoms with Crippen molar-refractivity contribution in [3.8, 4) is 0 Å². The van der Waals surface area contributed by atoms with E-state index in [1.54, 1.807) is 0 Å². The highest BCUT2D eigenvalue weighted by atomic mass is 19.1. The van der Waals surface area contributed by atoms with Crippen LogP contribution in [0, 0.1) is 5.82 Å². The second kappa shape index (κ2) is 10.8. The highest BCUT2D eigenvalue weighted by Crippen LogP contribution is 2.20. The van der Waals surface area contributed by atoms with Crippen molar-refractivity contribution in [3.05, 3.63) is 89.7 Å². The Bertz CT molecular complexity index is 1130. The molecule has 1 fully saturated rings. The normalized spacial score (nSPS) is 14.0. The summed E-state index contributed by atoms with van der Waals surface area (Å²) < 4.78 is 18.1. The van der Waals surface area contributed by atoms with E-state index >= 15 is 0 Å². The number of rotatable bonds is 7. The molecule has 1 heterocycles. The average molecular weight is 463 g/mol. The molecule has 4 rings (SSSR count). The molecule has 0 bridgehead atoms. The number of hydrogen-bond acceptors (Lipinski definition) is 6. The van der Waals surface area contributed by atoms with Crippen LogP contribution in [0.3, 0.4) is 0 Å². The van der Waals surface area contributed by atoms with Crippen molar-refractivity contribution in [2.75, 3.05) is 48.7 Å². The largest absolute Gasteiger partial charge is 0.452 e. The van der Waals surface area contributed by atoms with Gasteiger partial charge in [-0.1, -0.05) is 30.3 Å². The lowest BCUT2D eigenvalue weighted by Crippen LogP contribution is -2.45. The van der Waals surface area contributed by atoms with E-state index in [9.17, 15) is 14.0 Å². The van der Waals surface area contributed by atoms with E-state index in [4.69, 9.17) is 10.5 Å². The fourth-order valence-electron chi connectivity index (χ4n) is 3.89. The van der Waals surface area contributed by atoms with Crippen LogP contribution < -0.4 is 16.0 Å². The van der Waals surface area contributed by atoms with E-state index in [1.807, 2.05) is 30.3 Å². The van der Waals surface area contributed by atoms with E-state index in [0.29, 0.717) is 5.69 Å². The standard InChI is InChI=1S/C26H27FN4O3/c27-20-6-11-23(24(28)16-20)26(33)34-18-25(32)29-21-7-9-22(10-8-21)31-14-12-30(13-15-31)17-19-4-2-1-3-5-19/h1-11,16H,12-15,17-18,28H2,(H,29,32). The number of esters is 1. The van der Waals surface area contributed by atoms with Crippen LogP contribution in [-0.2, 0) is 16.1 Å². The summed E-state index contributed by atoms with van der Waals surface area (Å²) in [6, 6.07) is 21.4. The van der Waals surface area contributed by atoms with Gasteiger partial charge < -0.3 is 20.7 Å². The molecule has 0 atom stereocenters. The van der Waals surface area contributed by atoms with Gasteiger partial charge in [-0.25, -0.2) is 9.18 Å². The molecular formula is C26H27FN4O3. The van der Waals surface area contributed by atoms with E-state index in [-0.39, 0.29) is 11.3 Å². The lowest BCUT2D eigenvalue weighted by molar-refractivity contribution is -0.119. The molecule has 0 aromatic heterocycles. The molecule has 0 unspecified atom stereocenters. The van der Waals surface area contributed by atoms with Gasteiger partial charge in [0.1, 0.15) is 5.82 Å². The molecule has 0 aliphatic carbocycles. The predicted molar refractivity (Wildman–Crippen MR) is 130 cm³/mol. The Kier molecular flexibility index (Phi) is 7.39. The molecular weight excluding hydrogens is 435 g/mol. The number of nitrogen functional groups attached to an aromatic ring is 1. The highest BCUT2D eigenvalue weighted by molar-refractivity contribution is 5.98. The van der Waals surface area contributed by atoms with Gasteiger partial charge in [-0.2, -0.15) is 0 Å². The maximum atomic E-state index is 13.1. The molecule has 34 heavy (non-hydrogen) atoms. The Morgan fingerprint density at radius 1 is 0.941 bits per heavy atom. The zero-order chi connectivity index (χ0) is 23.9. The third-order valence-corrected chi connectivity index (χ3v) is 5.71. The van der Waals surface area contributed by atoms with Gasteiger partial charge in [0, 0.05) is 49.8 Å². The molecule has 3 N–H and O–H groups in total. The number of nitrogens with two attached hydrogens (primary N) is 1. The van der Waals surface area contributed by atoms with Crippen LogP contribution in [0.1, 0.15) is 15.9 Å². The first kappa shape index (κ1) is 23.3. The van der Waals surface area contributed by atoms with Crippen molar-refractivity contribution in [1.29, 1.82) is 0 Å². The van der Waals surface area contributed by atoms with Gasteiger partial charge in [0.05, 0.1) is 5.56 Å². The highest BCUT2D eigenvalue weighted by Gasteiger charge is 2.18. The number of anilines is 3. The number of nitrogens with one attached hydrogen (secondary N) is 1. The third-order valence-electron chi connectivity index (χ3n) is 5.71. The molecule has 0 saturated carbocycles. The summed E-state index contributed by atoms with van der Waals surface area (Å²) in [6.45, 7) is 4.31. The fraction of sp³-hybridized carbons (Fsp3) is 0.231. The summed E-state index contributed by atoms with van der Waals surface area (Å²) in [5.41, 5.74) is 8.62. The SMILES string of the molecule is Nc1cc(F)ccc1C(=O)OCC(=O)Nc1ccc(N2CCN(Cc3ccccc3)CC2)cc1. The summed E-state index contributed by atoms with van der Waals surface area (Å²) >= 11 is 0. The van der Waals surface area contributed by atoms with Crippen LogP contribution >= 0.6 is 0 Å². The van der Waals surface area contributed by atoms with Gasteiger partial charge in [0.25, 0.3) is 5.91 Å². The summed E-state index contributed by atoms with van der Waals surface area (Å²) in [5.74, 6) is -1.81. The molecule has 1 aliphatic heterocycles. The number of amides is 1. The maximum absolute atomic E-state index is 13.1. The summed E-state index contributed by atoms with van der Waals surface area (Å²) in [5, 5.41) is 2.70. The summed E-state index contributed by atoms with van der Waals surface area (Å²) in [4.78, 5) is 29.0. The van der Waals surface area contributed by atoms with E-state index in [0.717, 1.165) is 50.5 Å². The minimum atomic E-state index is -0.783. The minimum Gasteiger partial charge on any atom is -0.452 e. The molecule has 3 aromatic carbocycles. The zero-order valence-corrected chi connectivity index (χ0v) is 18.7. The first-order valence-electron chi connectivity index (χ1n) is 11.1. The predicted octanol–water partition coefficient (Wildman–Crippen LogP) is 3.53. The lowest BCUT2D eigenvalue weighted by atomic mass is 10.2. The molecule has 3 aromatic rings. The lowest BCUT2D eigenvalue weighted by Gasteiger charge is -2.36. The Morgan fingerprint density at radius 3 is 2.32 bits per heavy atom. The minimum absolute atomic E-state index is 0.0161. The van der Waals surface area contributed by atoms with Crippen molar-refractivity contribution in [2.24, 2.45) is 0 Å². The topological polar surface area (TPSA) is 87.9 Å². The first-order chi connectivity index (χ1) is 16.5. The number of halogens is 1. The van der Waals surface area contributed by atoms with Gasteiger partial charge in [-0.3, -0.25) is 9.69 Å². The first-order valence-corrected chi connectivity index (χ1v) is 11.1. The maximum Gasteiger partial charge on any atom is 0.340 e. The number of benzene rings is 3. The molecule has 1 aliphatic rings. The van der Waals surface area contributed by atoms with E-state index < -0.39 is 24.3 Å². The molecule has 176 valence electrons. The Hall–Kier alpha value is -3.91. The quantitative estimate of drug-likeness (QED) is 0.413. The molecule has 0 radical (unpaired) electrons. The number of carbonyl (C=O) groups excluding carboxylic acids is 2. The smallest absolute Gasteiger partial charge is 0.340 e. The van der Waals surface area contributed by atoms with E-state index in [2.05, 4.69) is 39.4 Å². The van der Waals surface area contributed by atoms with E-state index in [1.165, 1.54) is 11.6 Å². The van der Waals surface area contributed by atoms with Crippen LogP contribution in [0.4, 0.5) is 21.5 Å².